The number of aromatic nitrogens is 1. The maximum absolute atomic E-state index is 13.1. The van der Waals surface area contributed by atoms with Crippen molar-refractivity contribution in [2.75, 3.05) is 6.54 Å². The van der Waals surface area contributed by atoms with E-state index in [1.54, 1.807) is 6.07 Å². The monoisotopic (exact) mass is 564 g/mol. The highest BCUT2D eigenvalue weighted by molar-refractivity contribution is 9.10. The minimum atomic E-state index is -0.431. The number of nitrogens with zero attached hydrogens (tertiary/aromatic N) is 2. The van der Waals surface area contributed by atoms with Crippen LogP contribution in [0.5, 0.6) is 5.75 Å². The molecule has 2 fully saturated rings. The Balaban J connectivity index is 1.35. The summed E-state index contributed by atoms with van der Waals surface area (Å²) >= 11 is 4.89. The lowest BCUT2D eigenvalue weighted by molar-refractivity contribution is 0.126. The molecular weight excluding hydrogens is 536 g/mol. The van der Waals surface area contributed by atoms with E-state index in [0.29, 0.717) is 39.7 Å². The zero-order chi connectivity index (χ0) is 25.2. The third-order valence-electron chi connectivity index (χ3n) is 7.74. The van der Waals surface area contributed by atoms with Crippen LogP contribution in [0.3, 0.4) is 0 Å². The van der Waals surface area contributed by atoms with Gasteiger partial charge >= 0.3 is 5.63 Å². The van der Waals surface area contributed by atoms with Crippen molar-refractivity contribution in [3.8, 4) is 27.6 Å². The van der Waals surface area contributed by atoms with Gasteiger partial charge in [0, 0.05) is 39.9 Å². The van der Waals surface area contributed by atoms with Crippen LogP contribution in [0.4, 0.5) is 0 Å². The third kappa shape index (κ3) is 4.31. The van der Waals surface area contributed by atoms with E-state index in [0.717, 1.165) is 34.1 Å². The van der Waals surface area contributed by atoms with E-state index in [1.807, 2.05) is 41.8 Å². The zero-order valence-electron chi connectivity index (χ0n) is 20.7. The number of hydrogen-bond acceptors (Lipinski definition) is 6. The average molecular weight is 566 g/mol. The molecule has 1 aliphatic heterocycles. The predicted molar refractivity (Wildman–Crippen MR) is 148 cm³/mol. The van der Waals surface area contributed by atoms with Crippen LogP contribution in [0.15, 0.2) is 61.5 Å². The molecule has 1 N–H and O–H groups in total. The Hall–Kier alpha value is -2.48. The largest absolute Gasteiger partial charge is 0.507 e. The number of hydrogen-bond donors (Lipinski definition) is 1. The van der Waals surface area contributed by atoms with E-state index >= 15 is 0 Å². The van der Waals surface area contributed by atoms with Gasteiger partial charge in [-0.05, 0) is 60.4 Å². The highest BCUT2D eigenvalue weighted by atomic mass is 79.9. The van der Waals surface area contributed by atoms with Crippen LogP contribution in [0.1, 0.15) is 45.6 Å². The van der Waals surface area contributed by atoms with Crippen molar-refractivity contribution >= 4 is 38.2 Å². The molecule has 0 amide bonds. The van der Waals surface area contributed by atoms with Gasteiger partial charge in [-0.15, -0.1) is 11.3 Å². The van der Waals surface area contributed by atoms with Crippen LogP contribution in [0, 0.1) is 10.8 Å². The number of likely N-dealkylation sites (tertiary alicyclic amines) is 1. The molecule has 1 saturated heterocycles. The van der Waals surface area contributed by atoms with Crippen molar-refractivity contribution < 1.29 is 9.52 Å². The molecule has 0 radical (unpaired) electrons. The van der Waals surface area contributed by atoms with Crippen LogP contribution in [-0.4, -0.2) is 27.6 Å². The fourth-order valence-electron chi connectivity index (χ4n) is 6.65. The number of phenolic OH excluding ortho intramolecular Hbond substituents is 1. The molecule has 6 rings (SSSR count). The van der Waals surface area contributed by atoms with Crippen LogP contribution in [0.2, 0.25) is 0 Å². The first kappa shape index (κ1) is 23.9. The molecule has 1 saturated carbocycles. The van der Waals surface area contributed by atoms with Crippen LogP contribution < -0.4 is 5.63 Å². The molecule has 2 bridgehead atoms. The van der Waals surface area contributed by atoms with Gasteiger partial charge in [-0.25, -0.2) is 9.78 Å². The molecule has 186 valence electrons. The number of phenols is 1. The van der Waals surface area contributed by atoms with Crippen LogP contribution in [-0.2, 0) is 6.54 Å². The summed E-state index contributed by atoms with van der Waals surface area (Å²) in [6.07, 6.45) is 3.54. The lowest BCUT2D eigenvalue weighted by atomic mass is 9.65. The summed E-state index contributed by atoms with van der Waals surface area (Å²) in [6.45, 7) is 8.67. The smallest absolute Gasteiger partial charge is 0.346 e. The van der Waals surface area contributed by atoms with Gasteiger partial charge < -0.3 is 9.52 Å². The van der Waals surface area contributed by atoms with Crippen molar-refractivity contribution in [2.24, 2.45) is 10.8 Å². The van der Waals surface area contributed by atoms with Gasteiger partial charge in [-0.3, -0.25) is 4.90 Å². The van der Waals surface area contributed by atoms with Gasteiger partial charge in [0.15, 0.2) is 0 Å². The number of benzene rings is 2. The lowest BCUT2D eigenvalue weighted by Gasteiger charge is -2.40. The van der Waals surface area contributed by atoms with Crippen LogP contribution >= 0.6 is 27.3 Å². The van der Waals surface area contributed by atoms with E-state index in [1.165, 1.54) is 24.2 Å². The van der Waals surface area contributed by atoms with E-state index in [4.69, 9.17) is 9.40 Å². The van der Waals surface area contributed by atoms with Gasteiger partial charge in [0.2, 0.25) is 0 Å². The van der Waals surface area contributed by atoms with Gasteiger partial charge in [-0.2, -0.15) is 0 Å². The van der Waals surface area contributed by atoms with E-state index in [-0.39, 0.29) is 11.2 Å². The molecule has 5 nitrogen and oxygen atoms in total. The molecular formula is C29H29BrN2O3S. The SMILES string of the molecule is CC1(C)C[C@@H]2C[C@@](C)(CN2Cc2c(O)ccc3cc(-c4nc(-c5ccc(Br)cc5)cs4)c(=O)oc23)C1. The van der Waals surface area contributed by atoms with Gasteiger partial charge in [-0.1, -0.05) is 48.8 Å². The van der Waals surface area contributed by atoms with Gasteiger partial charge in [0.1, 0.15) is 16.3 Å². The number of aromatic hydroxyl groups is 1. The standard InChI is InChI=1S/C29H29BrN2O3S/c1-28(2)11-20-12-29(3,15-28)16-32(20)13-22-24(33)9-6-18-10-21(27(34)35-25(18)22)26-31-23(14-36-26)17-4-7-19(30)8-5-17/h4-10,14,20,33H,11-13,15-16H2,1-3H3/t20-,29-/m1/s1. The molecule has 36 heavy (non-hydrogen) atoms. The molecule has 3 heterocycles. The number of halogens is 1. The Kier molecular flexibility index (Phi) is 5.67. The summed E-state index contributed by atoms with van der Waals surface area (Å²) in [4.78, 5) is 20.3. The van der Waals surface area contributed by atoms with E-state index in [9.17, 15) is 9.90 Å². The van der Waals surface area contributed by atoms with Crippen molar-refractivity contribution in [1.29, 1.82) is 0 Å². The van der Waals surface area contributed by atoms with E-state index < -0.39 is 5.63 Å². The van der Waals surface area contributed by atoms with E-state index in [2.05, 4.69) is 41.6 Å². The van der Waals surface area contributed by atoms with Crippen molar-refractivity contribution in [3.63, 3.8) is 0 Å². The molecule has 0 unspecified atom stereocenters. The summed E-state index contributed by atoms with van der Waals surface area (Å²) < 4.78 is 6.90. The van der Waals surface area contributed by atoms with Crippen molar-refractivity contribution in [3.05, 3.63) is 68.3 Å². The molecule has 1 aliphatic carbocycles. The molecule has 2 atom stereocenters. The maximum Gasteiger partial charge on any atom is 0.346 e. The second kappa shape index (κ2) is 8.54. The molecule has 7 heteroatoms. The third-order valence-corrected chi connectivity index (χ3v) is 9.14. The molecule has 2 aromatic carbocycles. The number of fused-ring (bicyclic) bond motifs is 3. The van der Waals surface area contributed by atoms with Crippen molar-refractivity contribution in [2.45, 2.75) is 52.6 Å². The topological polar surface area (TPSA) is 66.6 Å². The fraction of sp³-hybridized carbons (Fsp3) is 0.379. The highest BCUT2D eigenvalue weighted by Crippen LogP contribution is 2.53. The zero-order valence-corrected chi connectivity index (χ0v) is 23.1. The molecule has 2 aromatic heterocycles. The quantitative estimate of drug-likeness (QED) is 0.260. The first-order chi connectivity index (χ1) is 17.1. The lowest BCUT2D eigenvalue weighted by Crippen LogP contribution is -2.34. The first-order valence-electron chi connectivity index (χ1n) is 12.3. The molecule has 2 aliphatic rings. The Labute approximate surface area is 222 Å². The minimum absolute atomic E-state index is 0.177. The minimum Gasteiger partial charge on any atom is -0.507 e. The summed E-state index contributed by atoms with van der Waals surface area (Å²) in [5.74, 6) is 0.177. The number of thiazole rings is 1. The summed E-state index contributed by atoms with van der Waals surface area (Å²) in [7, 11) is 0. The predicted octanol–water partition coefficient (Wildman–Crippen LogP) is 7.45. The summed E-state index contributed by atoms with van der Waals surface area (Å²) in [5, 5.41) is 14.2. The summed E-state index contributed by atoms with van der Waals surface area (Å²) in [5.41, 5.74) is 3.60. The molecule has 4 aromatic rings. The number of rotatable bonds is 4. The second-order valence-electron chi connectivity index (χ2n) is 11.6. The Morgan fingerprint density at radius 1 is 1.17 bits per heavy atom. The average Bonchev–Trinajstić information content (AvgIpc) is 3.37. The normalized spacial score (nSPS) is 23.4. The summed E-state index contributed by atoms with van der Waals surface area (Å²) in [6, 6.07) is 13.8. The second-order valence-corrected chi connectivity index (χ2v) is 13.4. The Bertz CT molecular complexity index is 1520. The Morgan fingerprint density at radius 3 is 2.72 bits per heavy atom. The maximum atomic E-state index is 13.1. The Morgan fingerprint density at radius 2 is 1.94 bits per heavy atom. The van der Waals surface area contributed by atoms with Gasteiger partial charge in [0.05, 0.1) is 16.8 Å². The fourth-order valence-corrected chi connectivity index (χ4v) is 7.75. The first-order valence-corrected chi connectivity index (χ1v) is 14.0. The van der Waals surface area contributed by atoms with Crippen LogP contribution in [0.25, 0.3) is 32.8 Å². The van der Waals surface area contributed by atoms with Crippen molar-refractivity contribution in [1.82, 2.24) is 9.88 Å². The highest BCUT2D eigenvalue weighted by Gasteiger charge is 2.49. The van der Waals surface area contributed by atoms with Gasteiger partial charge in [0.25, 0.3) is 0 Å². The molecule has 0 spiro atoms.